The summed E-state index contributed by atoms with van der Waals surface area (Å²) in [7, 11) is -3.89. The molecule has 166 valence electrons. The summed E-state index contributed by atoms with van der Waals surface area (Å²) in [6.07, 6.45) is 4.83. The van der Waals surface area contributed by atoms with E-state index in [0.29, 0.717) is 17.9 Å². The molecule has 1 heterocycles. The average Bonchev–Trinajstić information content (AvgIpc) is 3.23. The Kier molecular flexibility index (Phi) is 5.17. The first kappa shape index (κ1) is 21.2. The van der Waals surface area contributed by atoms with Gasteiger partial charge in [-0.1, -0.05) is 85.3 Å². The molecule has 33 heavy (non-hydrogen) atoms. The van der Waals surface area contributed by atoms with Crippen LogP contribution in [0.15, 0.2) is 95.9 Å². The fourth-order valence-electron chi connectivity index (χ4n) is 4.31. The molecule has 3 aromatic carbocycles. The number of para-hydroxylation sites is 1. The second-order valence-corrected chi connectivity index (χ2v) is 10.4. The summed E-state index contributed by atoms with van der Waals surface area (Å²) < 4.78 is 29.0. The molecule has 0 aliphatic heterocycles. The number of allylic oxidation sites excluding steroid dienone is 1. The number of hydrogen-bond donors (Lipinski definition) is 1. The van der Waals surface area contributed by atoms with Crippen molar-refractivity contribution in [1.82, 2.24) is 10.2 Å². The van der Waals surface area contributed by atoms with Crippen molar-refractivity contribution >= 4 is 27.6 Å². The number of sulfonamides is 1. The maximum atomic E-state index is 13.8. The number of aromatic nitrogens is 2. The van der Waals surface area contributed by atoms with Gasteiger partial charge >= 0.3 is 0 Å². The second kappa shape index (κ2) is 8.05. The maximum absolute atomic E-state index is 13.8. The molecule has 4 aromatic rings. The lowest BCUT2D eigenvalue weighted by Gasteiger charge is -2.30. The Morgan fingerprint density at radius 1 is 0.909 bits per heavy atom. The van der Waals surface area contributed by atoms with Crippen LogP contribution in [0.5, 0.6) is 0 Å². The van der Waals surface area contributed by atoms with E-state index < -0.39 is 10.0 Å². The summed E-state index contributed by atoms with van der Waals surface area (Å²) in [5.41, 5.74) is 4.25. The number of benzene rings is 3. The Labute approximate surface area is 194 Å². The van der Waals surface area contributed by atoms with E-state index in [2.05, 4.69) is 35.3 Å². The van der Waals surface area contributed by atoms with Gasteiger partial charge in [0, 0.05) is 23.1 Å². The van der Waals surface area contributed by atoms with Gasteiger partial charge in [0.15, 0.2) is 5.82 Å². The van der Waals surface area contributed by atoms with Crippen molar-refractivity contribution in [3.8, 4) is 0 Å². The largest absolute Gasteiger partial charge is 0.280 e. The van der Waals surface area contributed by atoms with Gasteiger partial charge < -0.3 is 0 Å². The molecular formula is C27H25N3O2S. The molecule has 1 N–H and O–H groups in total. The highest BCUT2D eigenvalue weighted by Gasteiger charge is 2.35. The van der Waals surface area contributed by atoms with Crippen molar-refractivity contribution in [2.45, 2.75) is 30.6 Å². The van der Waals surface area contributed by atoms with Gasteiger partial charge in [0.25, 0.3) is 10.0 Å². The Morgan fingerprint density at radius 3 is 2.21 bits per heavy atom. The fourth-order valence-corrected chi connectivity index (χ4v) is 5.76. The number of fused-ring (bicyclic) bond motifs is 1. The van der Waals surface area contributed by atoms with Gasteiger partial charge in [-0.3, -0.25) is 5.10 Å². The first-order valence-electron chi connectivity index (χ1n) is 10.9. The standard InChI is InChI=1S/C27H25N3O2S/c1-20-13-15-23(16-14-20)33(31,32)30(22-11-7-4-8-12-22)26-24-17-18-27(2,19-25(24)28-29-26)21-9-5-3-6-10-21/h3-18H,19H2,1-2H3,(H,28,29). The van der Waals surface area contributed by atoms with Gasteiger partial charge in [0.2, 0.25) is 0 Å². The number of H-pyrrole nitrogens is 1. The van der Waals surface area contributed by atoms with E-state index in [1.165, 1.54) is 9.87 Å². The third-order valence-corrected chi connectivity index (χ3v) is 7.93. The SMILES string of the molecule is Cc1ccc(S(=O)(=O)N(c2ccccc2)c2n[nH]c3c2C=CC(C)(c2ccccc2)C3)cc1. The monoisotopic (exact) mass is 455 g/mol. The molecule has 1 aliphatic rings. The van der Waals surface area contributed by atoms with E-state index in [1.807, 2.05) is 49.4 Å². The van der Waals surface area contributed by atoms with Gasteiger partial charge in [-0.25, -0.2) is 12.7 Å². The van der Waals surface area contributed by atoms with Crippen molar-refractivity contribution < 1.29 is 8.42 Å². The van der Waals surface area contributed by atoms with Crippen LogP contribution in [-0.4, -0.2) is 18.6 Å². The normalized spacial score (nSPS) is 17.5. The fraction of sp³-hybridized carbons (Fsp3) is 0.148. The van der Waals surface area contributed by atoms with Crippen molar-refractivity contribution in [2.75, 3.05) is 4.31 Å². The van der Waals surface area contributed by atoms with Crippen molar-refractivity contribution in [1.29, 1.82) is 0 Å². The van der Waals surface area contributed by atoms with Crippen LogP contribution in [0.3, 0.4) is 0 Å². The lowest BCUT2D eigenvalue weighted by Crippen LogP contribution is -2.28. The molecule has 6 heteroatoms. The van der Waals surface area contributed by atoms with E-state index in [-0.39, 0.29) is 10.3 Å². The molecule has 0 amide bonds. The summed E-state index contributed by atoms with van der Waals surface area (Å²) in [6.45, 7) is 4.12. The molecule has 1 atom stereocenters. The minimum absolute atomic E-state index is 0.203. The predicted molar refractivity (Wildman–Crippen MR) is 132 cm³/mol. The third-order valence-electron chi connectivity index (χ3n) is 6.20. The highest BCUT2D eigenvalue weighted by Crippen LogP contribution is 2.41. The van der Waals surface area contributed by atoms with Crippen LogP contribution in [0.4, 0.5) is 11.5 Å². The maximum Gasteiger partial charge on any atom is 0.269 e. The quantitative estimate of drug-likeness (QED) is 0.415. The number of nitrogens with one attached hydrogen (secondary N) is 1. The van der Waals surface area contributed by atoms with Gasteiger partial charge in [-0.2, -0.15) is 5.10 Å². The van der Waals surface area contributed by atoms with Crippen LogP contribution in [0.1, 0.15) is 29.3 Å². The number of aromatic amines is 1. The van der Waals surface area contributed by atoms with Gasteiger partial charge in [-0.05, 0) is 36.8 Å². The minimum Gasteiger partial charge on any atom is -0.280 e. The first-order chi connectivity index (χ1) is 15.9. The van der Waals surface area contributed by atoms with Crippen LogP contribution >= 0.6 is 0 Å². The average molecular weight is 456 g/mol. The molecule has 0 saturated carbocycles. The topological polar surface area (TPSA) is 66.1 Å². The second-order valence-electron chi connectivity index (χ2n) is 8.65. The summed E-state index contributed by atoms with van der Waals surface area (Å²) in [6, 6.07) is 26.3. The molecular weight excluding hydrogens is 430 g/mol. The summed E-state index contributed by atoms with van der Waals surface area (Å²) in [5, 5.41) is 7.64. The zero-order valence-electron chi connectivity index (χ0n) is 18.6. The molecule has 1 unspecified atom stereocenters. The molecule has 0 spiro atoms. The summed E-state index contributed by atoms with van der Waals surface area (Å²) in [4.78, 5) is 0.225. The molecule has 5 rings (SSSR count). The zero-order valence-corrected chi connectivity index (χ0v) is 19.4. The van der Waals surface area contributed by atoms with Crippen LogP contribution in [0.2, 0.25) is 0 Å². The molecule has 0 bridgehead atoms. The lowest BCUT2D eigenvalue weighted by atomic mass is 9.75. The van der Waals surface area contributed by atoms with Crippen LogP contribution in [0, 0.1) is 6.92 Å². The van der Waals surface area contributed by atoms with E-state index in [9.17, 15) is 8.42 Å². The van der Waals surface area contributed by atoms with Gasteiger partial charge in [0.05, 0.1) is 10.6 Å². The lowest BCUT2D eigenvalue weighted by molar-refractivity contribution is 0.577. The van der Waals surface area contributed by atoms with Crippen molar-refractivity contribution in [3.05, 3.63) is 113 Å². The zero-order chi connectivity index (χ0) is 23.1. The van der Waals surface area contributed by atoms with Crippen LogP contribution < -0.4 is 4.31 Å². The number of nitrogens with zero attached hydrogens (tertiary/aromatic N) is 2. The Bertz CT molecular complexity index is 1410. The van der Waals surface area contributed by atoms with Gasteiger partial charge in [-0.15, -0.1) is 0 Å². The minimum atomic E-state index is -3.89. The van der Waals surface area contributed by atoms with Crippen LogP contribution in [-0.2, 0) is 21.9 Å². The highest BCUT2D eigenvalue weighted by atomic mass is 32.2. The Morgan fingerprint density at radius 2 is 1.55 bits per heavy atom. The molecule has 0 saturated heterocycles. The van der Waals surface area contributed by atoms with Crippen molar-refractivity contribution in [2.24, 2.45) is 0 Å². The molecule has 5 nitrogen and oxygen atoms in total. The van der Waals surface area contributed by atoms with E-state index >= 15 is 0 Å². The molecule has 0 radical (unpaired) electrons. The Hall–Kier alpha value is -3.64. The number of rotatable bonds is 5. The predicted octanol–water partition coefficient (Wildman–Crippen LogP) is 5.77. The molecule has 1 aliphatic carbocycles. The molecule has 1 aromatic heterocycles. The van der Waals surface area contributed by atoms with Crippen molar-refractivity contribution in [3.63, 3.8) is 0 Å². The Balaban J connectivity index is 1.62. The number of aryl methyl sites for hydroxylation is 1. The third kappa shape index (κ3) is 3.76. The summed E-state index contributed by atoms with van der Waals surface area (Å²) in [5.74, 6) is 0.378. The first-order valence-corrected chi connectivity index (χ1v) is 12.3. The van der Waals surface area contributed by atoms with E-state index in [1.54, 1.807) is 36.4 Å². The van der Waals surface area contributed by atoms with E-state index in [4.69, 9.17) is 0 Å². The highest BCUT2D eigenvalue weighted by molar-refractivity contribution is 7.93. The summed E-state index contributed by atoms with van der Waals surface area (Å²) >= 11 is 0. The van der Waals surface area contributed by atoms with Gasteiger partial charge in [0.1, 0.15) is 0 Å². The number of anilines is 2. The number of hydrogen-bond acceptors (Lipinski definition) is 3. The van der Waals surface area contributed by atoms with E-state index in [0.717, 1.165) is 16.8 Å². The molecule has 0 fully saturated rings. The van der Waals surface area contributed by atoms with Crippen LogP contribution in [0.25, 0.3) is 6.08 Å². The smallest absolute Gasteiger partial charge is 0.269 e.